The van der Waals surface area contributed by atoms with Crippen LogP contribution in [0.1, 0.15) is 28.8 Å². The first-order valence-electron chi connectivity index (χ1n) is 7.31. The molecule has 3 aromatic rings. The van der Waals surface area contributed by atoms with Crippen molar-refractivity contribution in [3.05, 3.63) is 47.7 Å². The molecule has 2 aromatic heterocycles. The van der Waals surface area contributed by atoms with Crippen molar-refractivity contribution in [1.29, 1.82) is 0 Å². The van der Waals surface area contributed by atoms with Gasteiger partial charge in [-0.3, -0.25) is 4.79 Å². The van der Waals surface area contributed by atoms with Crippen molar-refractivity contribution in [2.24, 2.45) is 0 Å². The van der Waals surface area contributed by atoms with Crippen LogP contribution in [-0.2, 0) is 0 Å². The van der Waals surface area contributed by atoms with Crippen molar-refractivity contribution in [1.82, 2.24) is 25.3 Å². The number of hydrogen-bond acceptors (Lipinski definition) is 4. The summed E-state index contributed by atoms with van der Waals surface area (Å²) in [6.45, 7) is 1.92. The fraction of sp³-hybridized carbons (Fsp3) is 0.250. The summed E-state index contributed by atoms with van der Waals surface area (Å²) >= 11 is 0. The molecule has 4 rings (SSSR count). The van der Waals surface area contributed by atoms with Gasteiger partial charge < -0.3 is 5.32 Å². The zero-order valence-electron chi connectivity index (χ0n) is 12.2. The molecule has 1 aromatic carbocycles. The lowest BCUT2D eigenvalue weighted by atomic mass is 10.1. The predicted octanol–water partition coefficient (Wildman–Crippen LogP) is 2.02. The van der Waals surface area contributed by atoms with Gasteiger partial charge in [0.1, 0.15) is 5.52 Å². The van der Waals surface area contributed by atoms with Gasteiger partial charge in [-0.1, -0.05) is 11.3 Å². The van der Waals surface area contributed by atoms with Gasteiger partial charge in [-0.05, 0) is 49.6 Å². The highest BCUT2D eigenvalue weighted by atomic mass is 16.1. The molecule has 0 bridgehead atoms. The average molecular weight is 293 g/mol. The van der Waals surface area contributed by atoms with Crippen LogP contribution in [0.4, 0.5) is 0 Å². The first-order chi connectivity index (χ1) is 10.7. The highest BCUT2D eigenvalue weighted by Gasteiger charge is 2.25. The zero-order chi connectivity index (χ0) is 15.1. The third kappa shape index (κ3) is 2.13. The molecule has 1 N–H and O–H groups in total. The van der Waals surface area contributed by atoms with Crippen LogP contribution in [0.2, 0.25) is 0 Å². The monoisotopic (exact) mass is 293 g/mol. The average Bonchev–Trinajstić information content (AvgIpc) is 3.24. The lowest BCUT2D eigenvalue weighted by molar-refractivity contribution is 0.0950. The normalized spacial score (nSPS) is 14.2. The third-order valence-electron chi connectivity index (χ3n) is 3.90. The topological polar surface area (TPSA) is 72.7 Å². The van der Waals surface area contributed by atoms with Crippen LogP contribution in [-0.4, -0.2) is 31.9 Å². The molecule has 1 fully saturated rings. The predicted molar refractivity (Wildman–Crippen MR) is 81.9 cm³/mol. The SMILES string of the molecule is Cc1c(C(=O)NC2CC2)cccc1-n1nnc2cccnc21. The quantitative estimate of drug-likeness (QED) is 0.802. The minimum Gasteiger partial charge on any atom is -0.349 e. The molecule has 6 heteroatoms. The molecule has 1 amide bonds. The summed E-state index contributed by atoms with van der Waals surface area (Å²) in [6, 6.07) is 9.65. The van der Waals surface area contributed by atoms with Gasteiger partial charge >= 0.3 is 0 Å². The fourth-order valence-corrected chi connectivity index (χ4v) is 2.52. The van der Waals surface area contributed by atoms with Crippen LogP contribution in [0.25, 0.3) is 16.9 Å². The minimum absolute atomic E-state index is 0.0285. The standard InChI is InChI=1S/C16H15N5O/c1-10-12(16(22)18-11-7-8-11)4-2-6-14(10)21-15-13(19-20-21)5-3-9-17-15/h2-6,9,11H,7-8H2,1H3,(H,18,22). The van der Waals surface area contributed by atoms with E-state index in [1.54, 1.807) is 10.9 Å². The van der Waals surface area contributed by atoms with Crippen LogP contribution >= 0.6 is 0 Å². The van der Waals surface area contributed by atoms with E-state index in [9.17, 15) is 4.79 Å². The summed E-state index contributed by atoms with van der Waals surface area (Å²) in [5.74, 6) is -0.0285. The lowest BCUT2D eigenvalue weighted by Gasteiger charge is -2.11. The van der Waals surface area contributed by atoms with Crippen molar-refractivity contribution < 1.29 is 4.79 Å². The molecule has 110 valence electrons. The number of pyridine rings is 1. The molecule has 0 spiro atoms. The summed E-state index contributed by atoms with van der Waals surface area (Å²) in [5.41, 5.74) is 3.78. The van der Waals surface area contributed by atoms with Crippen LogP contribution < -0.4 is 5.32 Å². The Morgan fingerprint density at radius 2 is 2.14 bits per heavy atom. The second-order valence-corrected chi connectivity index (χ2v) is 5.54. The number of benzene rings is 1. The summed E-state index contributed by atoms with van der Waals surface area (Å²) in [4.78, 5) is 16.7. The molecular weight excluding hydrogens is 278 g/mol. The van der Waals surface area contributed by atoms with E-state index in [0.717, 1.165) is 29.6 Å². The molecule has 1 aliphatic carbocycles. The van der Waals surface area contributed by atoms with E-state index in [4.69, 9.17) is 0 Å². The number of nitrogens with one attached hydrogen (secondary N) is 1. The Morgan fingerprint density at radius 1 is 1.27 bits per heavy atom. The molecule has 2 heterocycles. The van der Waals surface area contributed by atoms with Crippen molar-refractivity contribution in [2.45, 2.75) is 25.8 Å². The Morgan fingerprint density at radius 3 is 2.95 bits per heavy atom. The van der Waals surface area contributed by atoms with E-state index in [-0.39, 0.29) is 5.91 Å². The van der Waals surface area contributed by atoms with E-state index < -0.39 is 0 Å². The first-order valence-corrected chi connectivity index (χ1v) is 7.31. The first kappa shape index (κ1) is 12.9. The highest BCUT2D eigenvalue weighted by molar-refractivity contribution is 5.97. The highest BCUT2D eigenvalue weighted by Crippen LogP contribution is 2.23. The van der Waals surface area contributed by atoms with Gasteiger partial charge in [0, 0.05) is 17.8 Å². The number of amides is 1. The molecular formula is C16H15N5O. The number of aromatic nitrogens is 4. The van der Waals surface area contributed by atoms with Gasteiger partial charge in [0.2, 0.25) is 0 Å². The van der Waals surface area contributed by atoms with E-state index in [1.165, 1.54) is 0 Å². The molecule has 0 aliphatic heterocycles. The van der Waals surface area contributed by atoms with Crippen LogP contribution in [0.15, 0.2) is 36.5 Å². The Kier molecular flexibility index (Phi) is 2.89. The van der Waals surface area contributed by atoms with E-state index in [2.05, 4.69) is 20.6 Å². The van der Waals surface area contributed by atoms with Gasteiger partial charge in [0.05, 0.1) is 5.69 Å². The number of carbonyl (C=O) groups is 1. The van der Waals surface area contributed by atoms with Gasteiger partial charge in [0.15, 0.2) is 5.65 Å². The Hall–Kier alpha value is -2.76. The fourth-order valence-electron chi connectivity index (χ4n) is 2.52. The van der Waals surface area contributed by atoms with Gasteiger partial charge in [-0.25, -0.2) is 4.98 Å². The van der Waals surface area contributed by atoms with E-state index in [0.29, 0.717) is 17.3 Å². The Balaban J connectivity index is 1.80. The maximum Gasteiger partial charge on any atom is 0.251 e. The second-order valence-electron chi connectivity index (χ2n) is 5.54. The van der Waals surface area contributed by atoms with Gasteiger partial charge in [-0.2, -0.15) is 4.68 Å². The number of fused-ring (bicyclic) bond motifs is 1. The number of carbonyl (C=O) groups excluding carboxylic acids is 1. The minimum atomic E-state index is -0.0285. The number of hydrogen-bond donors (Lipinski definition) is 1. The Labute approximate surface area is 127 Å². The van der Waals surface area contributed by atoms with Gasteiger partial charge in [0.25, 0.3) is 5.91 Å². The van der Waals surface area contributed by atoms with Crippen molar-refractivity contribution >= 4 is 17.1 Å². The zero-order valence-corrected chi connectivity index (χ0v) is 12.2. The number of rotatable bonds is 3. The van der Waals surface area contributed by atoms with Gasteiger partial charge in [-0.15, -0.1) is 5.10 Å². The largest absolute Gasteiger partial charge is 0.349 e. The molecule has 0 unspecified atom stereocenters. The van der Waals surface area contributed by atoms with Crippen molar-refractivity contribution in [3.63, 3.8) is 0 Å². The summed E-state index contributed by atoms with van der Waals surface area (Å²) < 4.78 is 1.68. The van der Waals surface area contributed by atoms with Crippen LogP contribution in [0, 0.1) is 6.92 Å². The molecule has 1 aliphatic rings. The van der Waals surface area contributed by atoms with Crippen LogP contribution in [0.5, 0.6) is 0 Å². The smallest absolute Gasteiger partial charge is 0.251 e. The summed E-state index contributed by atoms with van der Waals surface area (Å²) in [6.07, 6.45) is 3.85. The third-order valence-corrected chi connectivity index (χ3v) is 3.90. The van der Waals surface area contributed by atoms with E-state index in [1.807, 2.05) is 37.3 Å². The van der Waals surface area contributed by atoms with E-state index >= 15 is 0 Å². The molecule has 0 atom stereocenters. The van der Waals surface area contributed by atoms with Crippen LogP contribution in [0.3, 0.4) is 0 Å². The number of nitrogens with zero attached hydrogens (tertiary/aromatic N) is 4. The van der Waals surface area contributed by atoms with Crippen molar-refractivity contribution in [2.75, 3.05) is 0 Å². The maximum absolute atomic E-state index is 12.3. The van der Waals surface area contributed by atoms with Crippen molar-refractivity contribution in [3.8, 4) is 5.69 Å². The Bertz CT molecular complexity index is 866. The molecule has 1 saturated carbocycles. The maximum atomic E-state index is 12.3. The molecule has 0 radical (unpaired) electrons. The second kappa shape index (κ2) is 4.91. The molecule has 0 saturated heterocycles. The lowest BCUT2D eigenvalue weighted by Crippen LogP contribution is -2.26. The summed E-state index contributed by atoms with van der Waals surface area (Å²) in [7, 11) is 0. The molecule has 22 heavy (non-hydrogen) atoms. The summed E-state index contributed by atoms with van der Waals surface area (Å²) in [5, 5.41) is 11.3. The molecule has 6 nitrogen and oxygen atoms in total.